The summed E-state index contributed by atoms with van der Waals surface area (Å²) in [4.78, 5) is 24.7. The molecule has 2 rings (SSSR count). The van der Waals surface area contributed by atoms with Crippen LogP contribution in [0.15, 0.2) is 29.1 Å². The van der Waals surface area contributed by atoms with Crippen LogP contribution in [0.2, 0.25) is 0 Å². The van der Waals surface area contributed by atoms with Crippen molar-refractivity contribution in [3.05, 3.63) is 40.2 Å². The van der Waals surface area contributed by atoms with E-state index < -0.39 is 5.97 Å². The molecule has 2 N–H and O–H groups in total. The van der Waals surface area contributed by atoms with Gasteiger partial charge in [-0.1, -0.05) is 0 Å². The van der Waals surface area contributed by atoms with Crippen LogP contribution in [0.1, 0.15) is 10.4 Å². The highest BCUT2D eigenvalue weighted by Crippen LogP contribution is 2.25. The molecule has 0 saturated carbocycles. The van der Waals surface area contributed by atoms with Crippen molar-refractivity contribution in [3.8, 4) is 5.75 Å². The van der Waals surface area contributed by atoms with E-state index in [1.807, 2.05) is 0 Å². The van der Waals surface area contributed by atoms with Crippen molar-refractivity contribution in [1.29, 1.82) is 0 Å². The number of hydrogen-bond acceptors (Lipinski definition) is 3. The van der Waals surface area contributed by atoms with Gasteiger partial charge >= 0.3 is 5.97 Å². The minimum atomic E-state index is -1.04. The minimum Gasteiger partial charge on any atom is -0.495 e. The number of fused-ring (bicyclic) bond motifs is 1. The number of aromatic nitrogens is 1. The van der Waals surface area contributed by atoms with Crippen LogP contribution in [0.4, 0.5) is 0 Å². The summed E-state index contributed by atoms with van der Waals surface area (Å²) in [6.45, 7) is 0. The molecule has 1 heterocycles. The summed E-state index contributed by atoms with van der Waals surface area (Å²) in [7, 11) is 1.46. The molecule has 0 spiro atoms. The third-order valence-corrected chi connectivity index (χ3v) is 2.31. The number of nitrogens with one attached hydrogen (secondary N) is 1. The van der Waals surface area contributed by atoms with Crippen molar-refractivity contribution in [2.45, 2.75) is 0 Å². The van der Waals surface area contributed by atoms with E-state index in [1.165, 1.54) is 31.4 Å². The van der Waals surface area contributed by atoms with Crippen LogP contribution < -0.4 is 10.3 Å². The van der Waals surface area contributed by atoms with Gasteiger partial charge in [0.2, 0.25) is 5.56 Å². The molecule has 0 saturated heterocycles. The molecule has 5 heteroatoms. The summed E-state index contributed by atoms with van der Waals surface area (Å²) in [6.07, 6.45) is 0. The standard InChI is InChI=1S/C11H9NO4/c1-16-8-4-2-7(11(14)15)6-3-5-9(13)12-10(6)8/h2-5H,1H3,(H,12,13)(H,14,15). The Morgan fingerprint density at radius 3 is 2.69 bits per heavy atom. The second-order valence-electron chi connectivity index (χ2n) is 3.23. The summed E-state index contributed by atoms with van der Waals surface area (Å²) in [5, 5.41) is 9.43. The van der Waals surface area contributed by atoms with Crippen LogP contribution in [0.3, 0.4) is 0 Å². The van der Waals surface area contributed by atoms with Crippen LogP contribution in [-0.2, 0) is 0 Å². The molecule has 0 aliphatic carbocycles. The van der Waals surface area contributed by atoms with Gasteiger partial charge in [-0.25, -0.2) is 4.79 Å². The lowest BCUT2D eigenvalue weighted by Crippen LogP contribution is -2.06. The molecular formula is C11H9NO4. The predicted octanol–water partition coefficient (Wildman–Crippen LogP) is 1.23. The predicted molar refractivity (Wildman–Crippen MR) is 58.1 cm³/mol. The quantitative estimate of drug-likeness (QED) is 0.796. The zero-order valence-electron chi connectivity index (χ0n) is 8.48. The lowest BCUT2D eigenvalue weighted by molar-refractivity contribution is 0.0699. The fourth-order valence-corrected chi connectivity index (χ4v) is 1.58. The monoisotopic (exact) mass is 219 g/mol. The molecule has 0 aliphatic rings. The SMILES string of the molecule is COc1ccc(C(=O)O)c2ccc(=O)[nH]c12. The second kappa shape index (κ2) is 3.69. The van der Waals surface area contributed by atoms with Crippen LogP contribution >= 0.6 is 0 Å². The molecular weight excluding hydrogens is 210 g/mol. The largest absolute Gasteiger partial charge is 0.495 e. The first kappa shape index (κ1) is 10.2. The van der Waals surface area contributed by atoms with Gasteiger partial charge in [0, 0.05) is 11.5 Å². The Balaban J connectivity index is 2.90. The molecule has 0 bridgehead atoms. The van der Waals surface area contributed by atoms with Crippen molar-refractivity contribution in [2.75, 3.05) is 7.11 Å². The van der Waals surface area contributed by atoms with Crippen molar-refractivity contribution < 1.29 is 14.6 Å². The molecule has 0 fully saturated rings. The zero-order chi connectivity index (χ0) is 11.7. The maximum atomic E-state index is 11.2. The van der Waals surface area contributed by atoms with Crippen LogP contribution in [0, 0.1) is 0 Å². The summed E-state index contributed by atoms with van der Waals surface area (Å²) in [6, 6.07) is 5.72. The normalized spacial score (nSPS) is 10.3. The number of carbonyl (C=O) groups is 1. The molecule has 0 radical (unpaired) electrons. The van der Waals surface area contributed by atoms with Gasteiger partial charge in [0.1, 0.15) is 5.75 Å². The van der Waals surface area contributed by atoms with E-state index in [0.29, 0.717) is 16.7 Å². The lowest BCUT2D eigenvalue weighted by Gasteiger charge is -2.06. The second-order valence-corrected chi connectivity index (χ2v) is 3.23. The van der Waals surface area contributed by atoms with Crippen molar-refractivity contribution >= 4 is 16.9 Å². The van der Waals surface area contributed by atoms with Crippen LogP contribution in [0.5, 0.6) is 5.75 Å². The summed E-state index contributed by atoms with van der Waals surface area (Å²) >= 11 is 0. The zero-order valence-corrected chi connectivity index (χ0v) is 8.48. The van der Waals surface area contributed by atoms with E-state index in [1.54, 1.807) is 0 Å². The molecule has 0 amide bonds. The average Bonchev–Trinajstić information content (AvgIpc) is 2.27. The van der Waals surface area contributed by atoms with E-state index in [4.69, 9.17) is 9.84 Å². The number of carboxylic acid groups (broad SMARTS) is 1. The first-order valence-corrected chi connectivity index (χ1v) is 4.57. The van der Waals surface area contributed by atoms with Gasteiger partial charge in [-0.2, -0.15) is 0 Å². The topological polar surface area (TPSA) is 79.4 Å². The molecule has 0 unspecified atom stereocenters. The Morgan fingerprint density at radius 2 is 2.06 bits per heavy atom. The molecule has 5 nitrogen and oxygen atoms in total. The molecule has 16 heavy (non-hydrogen) atoms. The number of pyridine rings is 1. The van der Waals surface area contributed by atoms with Gasteiger partial charge in [-0.05, 0) is 18.2 Å². The molecule has 1 aromatic carbocycles. The number of ether oxygens (including phenoxy) is 1. The Kier molecular flexibility index (Phi) is 2.36. The third-order valence-electron chi connectivity index (χ3n) is 2.31. The van der Waals surface area contributed by atoms with Gasteiger partial charge in [0.05, 0.1) is 18.2 Å². The fourth-order valence-electron chi connectivity index (χ4n) is 1.58. The van der Waals surface area contributed by atoms with Gasteiger partial charge in [-0.15, -0.1) is 0 Å². The number of H-pyrrole nitrogens is 1. The number of aromatic carboxylic acids is 1. The number of aromatic amines is 1. The minimum absolute atomic E-state index is 0.132. The average molecular weight is 219 g/mol. The fraction of sp³-hybridized carbons (Fsp3) is 0.0909. The molecule has 0 aliphatic heterocycles. The smallest absolute Gasteiger partial charge is 0.336 e. The van der Waals surface area contributed by atoms with Gasteiger partial charge in [0.25, 0.3) is 0 Å². The first-order valence-electron chi connectivity index (χ1n) is 4.57. The molecule has 1 aromatic heterocycles. The Labute approximate surface area is 90.3 Å². The molecule has 82 valence electrons. The Bertz CT molecular complexity index is 615. The summed E-state index contributed by atoms with van der Waals surface area (Å²) in [5.74, 6) is -0.600. The van der Waals surface area contributed by atoms with E-state index in [0.717, 1.165) is 0 Å². The third kappa shape index (κ3) is 1.52. The van der Waals surface area contributed by atoms with Crippen molar-refractivity contribution in [1.82, 2.24) is 4.98 Å². The number of rotatable bonds is 2. The maximum Gasteiger partial charge on any atom is 0.336 e. The van der Waals surface area contributed by atoms with Crippen molar-refractivity contribution in [3.63, 3.8) is 0 Å². The highest BCUT2D eigenvalue weighted by atomic mass is 16.5. The number of methoxy groups -OCH3 is 1. The van der Waals surface area contributed by atoms with E-state index in [2.05, 4.69) is 4.98 Å². The number of carboxylic acids is 1. The number of benzene rings is 1. The summed E-state index contributed by atoms with van der Waals surface area (Å²) in [5.41, 5.74) is 0.232. The highest BCUT2D eigenvalue weighted by Gasteiger charge is 2.11. The van der Waals surface area contributed by atoms with Crippen LogP contribution in [-0.4, -0.2) is 23.2 Å². The maximum absolute atomic E-state index is 11.2. The number of hydrogen-bond donors (Lipinski definition) is 2. The lowest BCUT2D eigenvalue weighted by atomic mass is 10.1. The van der Waals surface area contributed by atoms with Gasteiger partial charge in [-0.3, -0.25) is 4.79 Å². The molecule has 0 atom stereocenters. The highest BCUT2D eigenvalue weighted by molar-refractivity contribution is 6.04. The van der Waals surface area contributed by atoms with E-state index in [9.17, 15) is 9.59 Å². The van der Waals surface area contributed by atoms with Gasteiger partial charge in [0.15, 0.2) is 0 Å². The van der Waals surface area contributed by atoms with Crippen LogP contribution in [0.25, 0.3) is 10.9 Å². The van der Waals surface area contributed by atoms with E-state index >= 15 is 0 Å². The Morgan fingerprint density at radius 1 is 1.31 bits per heavy atom. The van der Waals surface area contributed by atoms with Gasteiger partial charge < -0.3 is 14.8 Å². The molecule has 2 aromatic rings. The Hall–Kier alpha value is -2.30. The summed E-state index contributed by atoms with van der Waals surface area (Å²) < 4.78 is 5.05. The van der Waals surface area contributed by atoms with Crippen molar-refractivity contribution in [2.24, 2.45) is 0 Å². The van der Waals surface area contributed by atoms with E-state index in [-0.39, 0.29) is 11.1 Å². The first-order chi connectivity index (χ1) is 7.63.